The van der Waals surface area contributed by atoms with Gasteiger partial charge in [-0.15, -0.1) is 0 Å². The van der Waals surface area contributed by atoms with Crippen LogP contribution < -0.4 is 0 Å². The fraction of sp³-hybridized carbons (Fsp3) is 0.825. The third-order valence-electron chi connectivity index (χ3n) is 13.3. The van der Waals surface area contributed by atoms with Crippen molar-refractivity contribution in [1.29, 1.82) is 0 Å². The Morgan fingerprint density at radius 1 is 0.304 bits per heavy atom. The lowest BCUT2D eigenvalue weighted by atomic mass is 10.0. The van der Waals surface area contributed by atoms with Crippen LogP contribution in [0.2, 0.25) is 0 Å². The van der Waals surface area contributed by atoms with Crippen LogP contribution in [0.4, 0.5) is 0 Å². The minimum absolute atomic E-state index is 0.0676. The quantitative estimate of drug-likeness (QED) is 0.0262. The molecule has 0 bridgehead atoms. The van der Waals surface area contributed by atoms with Crippen molar-refractivity contribution in [3.8, 4) is 0 Å². The minimum Gasteiger partial charge on any atom is -0.462 e. The molecule has 0 rings (SSSR count). The van der Waals surface area contributed by atoms with Crippen LogP contribution in [0.25, 0.3) is 0 Å². The Balaban J connectivity index is 3.93. The Kier molecular flexibility index (Phi) is 55.7. The third kappa shape index (κ3) is 56.2. The lowest BCUT2D eigenvalue weighted by molar-refractivity contribution is -0.167. The van der Waals surface area contributed by atoms with E-state index >= 15 is 0 Å². The van der Waals surface area contributed by atoms with E-state index in [2.05, 4.69) is 69.4 Å². The second-order valence-electron chi connectivity index (χ2n) is 20.2. The molecule has 0 aromatic rings. The van der Waals surface area contributed by atoms with Gasteiger partial charge in [0.05, 0.1) is 0 Å². The fourth-order valence-corrected chi connectivity index (χ4v) is 8.85. The van der Waals surface area contributed by atoms with Crippen LogP contribution in [0.3, 0.4) is 0 Å². The molecule has 0 aromatic carbocycles. The van der Waals surface area contributed by atoms with Gasteiger partial charge >= 0.3 is 17.9 Å². The van der Waals surface area contributed by atoms with Crippen molar-refractivity contribution < 1.29 is 28.6 Å². The Morgan fingerprint density at radius 2 is 0.565 bits per heavy atom. The highest BCUT2D eigenvalue weighted by Gasteiger charge is 2.19. The first-order valence-corrected chi connectivity index (χ1v) is 30.1. The second-order valence-corrected chi connectivity index (χ2v) is 20.2. The van der Waals surface area contributed by atoms with E-state index in [4.69, 9.17) is 14.2 Å². The van der Waals surface area contributed by atoms with Crippen LogP contribution in [-0.4, -0.2) is 37.2 Å². The SMILES string of the molecule is CC/C=C\C/C=C\C/C=C\C/C=C\CCCCCCCCCCCCCCCCCCCCC(=O)OCC(COC(=O)CCCCCCC)OC(=O)CCCCCCCCCCCCCCCCC. The summed E-state index contributed by atoms with van der Waals surface area (Å²) in [6, 6.07) is 0. The maximum absolute atomic E-state index is 12.8. The van der Waals surface area contributed by atoms with E-state index in [1.54, 1.807) is 0 Å². The number of hydrogen-bond acceptors (Lipinski definition) is 6. The van der Waals surface area contributed by atoms with Gasteiger partial charge in [0.25, 0.3) is 0 Å². The summed E-state index contributed by atoms with van der Waals surface area (Å²) in [7, 11) is 0. The van der Waals surface area contributed by atoms with E-state index in [0.717, 1.165) is 89.9 Å². The van der Waals surface area contributed by atoms with Gasteiger partial charge in [-0.1, -0.05) is 288 Å². The predicted octanol–water partition coefficient (Wildman–Crippen LogP) is 20.2. The number of unbranched alkanes of at least 4 members (excludes halogenated alkanes) is 36. The molecule has 0 aromatic heterocycles. The monoisotopic (exact) mass is 967 g/mol. The van der Waals surface area contributed by atoms with Gasteiger partial charge in [0.1, 0.15) is 13.2 Å². The lowest BCUT2D eigenvalue weighted by Crippen LogP contribution is -2.30. The molecular formula is C63H114O6. The molecular weight excluding hydrogens is 853 g/mol. The second kappa shape index (κ2) is 57.9. The van der Waals surface area contributed by atoms with E-state index in [0.29, 0.717) is 19.3 Å². The normalized spacial score (nSPS) is 12.3. The summed E-state index contributed by atoms with van der Waals surface area (Å²) in [6.45, 7) is 6.48. The van der Waals surface area contributed by atoms with E-state index < -0.39 is 6.10 Å². The van der Waals surface area contributed by atoms with Gasteiger partial charge in [-0.3, -0.25) is 14.4 Å². The minimum atomic E-state index is -0.764. The molecule has 0 N–H and O–H groups in total. The van der Waals surface area contributed by atoms with Crippen molar-refractivity contribution in [1.82, 2.24) is 0 Å². The van der Waals surface area contributed by atoms with Crippen molar-refractivity contribution >= 4 is 17.9 Å². The van der Waals surface area contributed by atoms with Crippen LogP contribution in [0, 0.1) is 0 Å². The molecule has 0 spiro atoms. The highest BCUT2D eigenvalue weighted by atomic mass is 16.6. The van der Waals surface area contributed by atoms with Gasteiger partial charge in [-0.25, -0.2) is 0 Å². The molecule has 1 unspecified atom stereocenters. The zero-order chi connectivity index (χ0) is 50.0. The summed E-state index contributed by atoms with van der Waals surface area (Å²) in [5, 5.41) is 0. The Hall–Kier alpha value is -2.63. The van der Waals surface area contributed by atoms with E-state index in [1.165, 1.54) is 186 Å². The van der Waals surface area contributed by atoms with Gasteiger partial charge in [0.2, 0.25) is 0 Å². The van der Waals surface area contributed by atoms with Crippen LogP contribution in [0.15, 0.2) is 48.6 Å². The van der Waals surface area contributed by atoms with E-state index in [9.17, 15) is 14.4 Å². The largest absolute Gasteiger partial charge is 0.462 e. The summed E-state index contributed by atoms with van der Waals surface area (Å²) < 4.78 is 16.7. The average molecular weight is 968 g/mol. The molecule has 402 valence electrons. The van der Waals surface area contributed by atoms with Crippen molar-refractivity contribution in [2.45, 2.75) is 322 Å². The number of carbonyl (C=O) groups is 3. The molecule has 0 amide bonds. The zero-order valence-corrected chi connectivity index (χ0v) is 46.1. The average Bonchev–Trinajstić information content (AvgIpc) is 3.35. The van der Waals surface area contributed by atoms with Gasteiger partial charge in [0.15, 0.2) is 6.10 Å². The number of carbonyl (C=O) groups excluding carboxylic acids is 3. The summed E-state index contributed by atoms with van der Waals surface area (Å²) in [6.07, 6.45) is 71.7. The molecule has 0 aliphatic heterocycles. The fourth-order valence-electron chi connectivity index (χ4n) is 8.85. The molecule has 0 aliphatic carbocycles. The third-order valence-corrected chi connectivity index (χ3v) is 13.3. The van der Waals surface area contributed by atoms with Gasteiger partial charge in [-0.05, 0) is 57.8 Å². The highest BCUT2D eigenvalue weighted by molar-refractivity contribution is 5.71. The predicted molar refractivity (Wildman–Crippen MR) is 298 cm³/mol. The van der Waals surface area contributed by atoms with Crippen LogP contribution in [0.5, 0.6) is 0 Å². The van der Waals surface area contributed by atoms with E-state index in [1.807, 2.05) is 0 Å². The molecule has 1 atom stereocenters. The number of hydrogen-bond donors (Lipinski definition) is 0. The maximum atomic E-state index is 12.8. The highest BCUT2D eigenvalue weighted by Crippen LogP contribution is 2.17. The summed E-state index contributed by atoms with van der Waals surface area (Å²) in [5.41, 5.74) is 0. The van der Waals surface area contributed by atoms with Crippen molar-refractivity contribution in [3.63, 3.8) is 0 Å². The first-order chi connectivity index (χ1) is 34.0. The number of allylic oxidation sites excluding steroid dienone is 8. The molecule has 6 heteroatoms. The van der Waals surface area contributed by atoms with Gasteiger partial charge < -0.3 is 14.2 Å². The molecule has 0 radical (unpaired) electrons. The molecule has 0 fully saturated rings. The number of ether oxygens (including phenoxy) is 3. The zero-order valence-electron chi connectivity index (χ0n) is 46.1. The van der Waals surface area contributed by atoms with E-state index in [-0.39, 0.29) is 31.1 Å². The van der Waals surface area contributed by atoms with Gasteiger partial charge in [0, 0.05) is 19.3 Å². The van der Waals surface area contributed by atoms with Crippen LogP contribution >= 0.6 is 0 Å². The Morgan fingerprint density at radius 3 is 0.884 bits per heavy atom. The number of rotatable bonds is 55. The first-order valence-electron chi connectivity index (χ1n) is 30.1. The summed E-state index contributed by atoms with van der Waals surface area (Å²) in [5.74, 6) is -0.864. The van der Waals surface area contributed by atoms with Crippen LogP contribution in [-0.2, 0) is 28.6 Å². The Labute approximate surface area is 428 Å². The molecule has 6 nitrogen and oxygen atoms in total. The van der Waals surface area contributed by atoms with Crippen molar-refractivity contribution in [3.05, 3.63) is 48.6 Å². The standard InChI is InChI=1S/C63H114O6/c1-4-7-10-13-15-17-19-21-23-24-25-26-27-28-29-30-31-32-33-34-35-36-37-38-40-41-43-45-47-50-53-56-62(65)68-59-60(58-67-61(64)55-52-49-12-9-6-3)69-63(66)57-54-51-48-46-44-42-39-22-20-18-16-14-11-8-5-2/h7,10,15,17,21,23,25-26,60H,4-6,8-9,11-14,16,18-20,22,24,27-59H2,1-3H3/b10-7-,17-15-,23-21-,26-25-. The lowest BCUT2D eigenvalue weighted by Gasteiger charge is -2.18. The topological polar surface area (TPSA) is 78.9 Å². The molecule has 0 saturated heterocycles. The maximum Gasteiger partial charge on any atom is 0.306 e. The molecule has 0 aliphatic rings. The molecule has 0 saturated carbocycles. The smallest absolute Gasteiger partial charge is 0.306 e. The molecule has 69 heavy (non-hydrogen) atoms. The summed E-state index contributed by atoms with van der Waals surface area (Å²) >= 11 is 0. The Bertz CT molecular complexity index is 1200. The van der Waals surface area contributed by atoms with Gasteiger partial charge in [-0.2, -0.15) is 0 Å². The number of esters is 3. The first kappa shape index (κ1) is 66.4. The van der Waals surface area contributed by atoms with Crippen LogP contribution in [0.1, 0.15) is 316 Å². The van der Waals surface area contributed by atoms with Crippen molar-refractivity contribution in [2.75, 3.05) is 13.2 Å². The summed E-state index contributed by atoms with van der Waals surface area (Å²) in [4.78, 5) is 37.8. The van der Waals surface area contributed by atoms with Crippen molar-refractivity contribution in [2.24, 2.45) is 0 Å². The molecule has 0 heterocycles.